The number of para-hydroxylation sites is 2. The highest BCUT2D eigenvalue weighted by Crippen LogP contribution is 2.36. The van der Waals surface area contributed by atoms with Crippen molar-refractivity contribution in [3.05, 3.63) is 58.1 Å². The molecular weight excluding hydrogens is 373 g/mol. The molecule has 0 bridgehead atoms. The summed E-state index contributed by atoms with van der Waals surface area (Å²) in [6.45, 7) is 2.01. The third kappa shape index (κ3) is 3.84. The van der Waals surface area contributed by atoms with E-state index in [1.54, 1.807) is 24.3 Å². The molecule has 0 radical (unpaired) electrons. The van der Waals surface area contributed by atoms with Gasteiger partial charge in [-0.25, -0.2) is 9.98 Å². The summed E-state index contributed by atoms with van der Waals surface area (Å²) < 4.78 is 0. The number of halogens is 2. The Labute approximate surface area is 161 Å². The van der Waals surface area contributed by atoms with Crippen molar-refractivity contribution in [3.63, 3.8) is 0 Å². The lowest BCUT2D eigenvalue weighted by atomic mass is 10.1. The van der Waals surface area contributed by atoms with Crippen LogP contribution < -0.4 is 5.32 Å². The lowest BCUT2D eigenvalue weighted by Gasteiger charge is -2.19. The number of rotatable bonds is 3. The molecule has 0 saturated carbocycles. The molecule has 3 N–H and O–H groups in total. The van der Waals surface area contributed by atoms with Crippen LogP contribution in [0.5, 0.6) is 11.5 Å². The van der Waals surface area contributed by atoms with Gasteiger partial charge in [-0.05, 0) is 36.3 Å². The van der Waals surface area contributed by atoms with Crippen LogP contribution in [0.15, 0.2) is 58.0 Å². The van der Waals surface area contributed by atoms with Gasteiger partial charge in [-0.3, -0.25) is 0 Å². The molecule has 3 rings (SSSR count). The molecule has 2 aromatic rings. The van der Waals surface area contributed by atoms with Crippen LogP contribution in [0, 0.1) is 0 Å². The minimum absolute atomic E-state index is 0.000643. The Hall–Kier alpha value is -2.50. The number of hydrogen-bond donors (Lipinski definition) is 3. The van der Waals surface area contributed by atoms with Crippen LogP contribution >= 0.6 is 23.2 Å². The number of aliphatic imine (C=N–C) groups is 2. The Balaban J connectivity index is 2.01. The molecule has 0 fully saturated rings. The van der Waals surface area contributed by atoms with Crippen molar-refractivity contribution in [1.29, 1.82) is 0 Å². The first kappa shape index (κ1) is 18.3. The van der Waals surface area contributed by atoms with Crippen LogP contribution in [0.25, 0.3) is 0 Å². The monoisotopic (exact) mass is 389 g/mol. The molecule has 0 spiro atoms. The highest BCUT2D eigenvalue weighted by atomic mass is 35.5. The number of benzene rings is 2. The lowest BCUT2D eigenvalue weighted by Crippen LogP contribution is -2.34. The van der Waals surface area contributed by atoms with Gasteiger partial charge in [0.25, 0.3) is 0 Å². The molecule has 26 heavy (non-hydrogen) atoms. The Morgan fingerprint density at radius 3 is 2.08 bits per heavy atom. The second-order valence-electron chi connectivity index (χ2n) is 5.65. The number of nitrogens with one attached hydrogen (secondary N) is 1. The maximum absolute atomic E-state index is 10.0. The largest absolute Gasteiger partial charge is 0.506 e. The second-order valence-corrected chi connectivity index (χ2v) is 6.46. The molecule has 0 atom stereocenters. The average molecular weight is 390 g/mol. The maximum atomic E-state index is 10.0. The fourth-order valence-corrected chi connectivity index (χ4v) is 2.97. The van der Waals surface area contributed by atoms with Crippen LogP contribution in [-0.4, -0.2) is 21.9 Å². The Kier molecular flexibility index (Phi) is 5.49. The zero-order valence-electron chi connectivity index (χ0n) is 14.0. The Morgan fingerprint density at radius 2 is 1.54 bits per heavy atom. The van der Waals surface area contributed by atoms with Gasteiger partial charge in [-0.15, -0.1) is 0 Å². The van der Waals surface area contributed by atoms with Gasteiger partial charge >= 0.3 is 0 Å². The standard InChI is InChI=1S/C19H17Cl2N3O2/c1-2-11-9-10-16(22-17-12(20)5-3-7-14(17)25)23-19(11)24-18-13(21)6-4-8-15(18)26/h3-9,25-26H,2,10H2,1H3,(H,22,23,24). The molecule has 0 aliphatic carbocycles. The summed E-state index contributed by atoms with van der Waals surface area (Å²) in [6.07, 6.45) is 3.29. The van der Waals surface area contributed by atoms with Gasteiger partial charge < -0.3 is 15.5 Å². The third-order valence-electron chi connectivity index (χ3n) is 3.89. The minimum Gasteiger partial charge on any atom is -0.506 e. The molecule has 1 heterocycles. The number of phenolic OH excluding ortho intramolecular Hbond substituents is 2. The van der Waals surface area contributed by atoms with Crippen LogP contribution in [-0.2, 0) is 0 Å². The van der Waals surface area contributed by atoms with Gasteiger partial charge in [0.2, 0.25) is 0 Å². The summed E-state index contributed by atoms with van der Waals surface area (Å²) >= 11 is 12.3. The van der Waals surface area contributed by atoms with Crippen LogP contribution in [0.4, 0.5) is 11.4 Å². The summed E-state index contributed by atoms with van der Waals surface area (Å²) in [5.74, 6) is 1.12. The van der Waals surface area contributed by atoms with Crippen molar-refractivity contribution >= 4 is 46.2 Å². The third-order valence-corrected chi connectivity index (χ3v) is 4.50. The minimum atomic E-state index is -0.00457. The van der Waals surface area contributed by atoms with Gasteiger partial charge in [0.05, 0.1) is 10.0 Å². The number of phenols is 2. The van der Waals surface area contributed by atoms with Crippen LogP contribution in [0.2, 0.25) is 10.0 Å². The first-order valence-corrected chi connectivity index (χ1v) is 8.82. The predicted octanol–water partition coefficient (Wildman–Crippen LogP) is 5.49. The van der Waals surface area contributed by atoms with E-state index in [2.05, 4.69) is 15.3 Å². The summed E-state index contributed by atoms with van der Waals surface area (Å²) in [5, 5.41) is 23.9. The molecule has 0 amide bonds. The van der Waals surface area contributed by atoms with Crippen LogP contribution in [0.1, 0.15) is 19.8 Å². The number of hydrogen-bond acceptors (Lipinski definition) is 4. The van der Waals surface area contributed by atoms with Crippen LogP contribution in [0.3, 0.4) is 0 Å². The van der Waals surface area contributed by atoms with Crippen molar-refractivity contribution in [2.45, 2.75) is 19.8 Å². The van der Waals surface area contributed by atoms with Crippen molar-refractivity contribution < 1.29 is 10.2 Å². The molecule has 134 valence electrons. The summed E-state index contributed by atoms with van der Waals surface area (Å²) in [5.41, 5.74) is 1.56. The highest BCUT2D eigenvalue weighted by molar-refractivity contribution is 6.34. The van der Waals surface area contributed by atoms with E-state index < -0.39 is 0 Å². The van der Waals surface area contributed by atoms with E-state index in [1.807, 2.05) is 13.0 Å². The topological polar surface area (TPSA) is 77.2 Å². The summed E-state index contributed by atoms with van der Waals surface area (Å²) in [7, 11) is 0. The molecule has 0 unspecified atom stereocenters. The van der Waals surface area contributed by atoms with Gasteiger partial charge in [0.1, 0.15) is 34.5 Å². The molecule has 1 aliphatic rings. The van der Waals surface area contributed by atoms with Gasteiger partial charge in [0.15, 0.2) is 0 Å². The highest BCUT2D eigenvalue weighted by Gasteiger charge is 2.17. The fraction of sp³-hybridized carbons (Fsp3) is 0.158. The van der Waals surface area contributed by atoms with Gasteiger partial charge in [0, 0.05) is 6.42 Å². The first-order valence-electron chi connectivity index (χ1n) is 8.07. The second kappa shape index (κ2) is 7.81. The SMILES string of the molecule is CCC1=CCC(=Nc2c(O)cccc2Cl)NC1=Nc1c(O)cccc1Cl. The van der Waals surface area contributed by atoms with Gasteiger partial charge in [-0.2, -0.15) is 0 Å². The van der Waals surface area contributed by atoms with E-state index in [0.29, 0.717) is 33.8 Å². The molecule has 1 aliphatic heterocycles. The van der Waals surface area contributed by atoms with Gasteiger partial charge in [-0.1, -0.05) is 48.3 Å². The van der Waals surface area contributed by atoms with Crippen molar-refractivity contribution in [2.24, 2.45) is 9.98 Å². The van der Waals surface area contributed by atoms with Crippen molar-refractivity contribution in [3.8, 4) is 11.5 Å². The Morgan fingerprint density at radius 1 is 0.962 bits per heavy atom. The Bertz CT molecular complexity index is 896. The number of amidine groups is 2. The molecular formula is C19H17Cl2N3O2. The summed E-state index contributed by atoms with van der Waals surface area (Å²) in [6, 6.07) is 9.68. The molecule has 0 saturated heterocycles. The molecule has 5 nitrogen and oxygen atoms in total. The quantitative estimate of drug-likeness (QED) is 0.648. The zero-order valence-corrected chi connectivity index (χ0v) is 15.5. The van der Waals surface area contributed by atoms with Crippen molar-refractivity contribution in [1.82, 2.24) is 5.32 Å². The van der Waals surface area contributed by atoms with E-state index in [9.17, 15) is 10.2 Å². The number of nitrogens with zero attached hydrogens (tertiary/aromatic N) is 2. The van der Waals surface area contributed by atoms with E-state index >= 15 is 0 Å². The normalized spacial score (nSPS) is 17.3. The average Bonchev–Trinajstić information content (AvgIpc) is 2.62. The van der Waals surface area contributed by atoms with E-state index in [4.69, 9.17) is 23.2 Å². The maximum Gasteiger partial charge on any atom is 0.142 e. The lowest BCUT2D eigenvalue weighted by molar-refractivity contribution is 0.476. The fourth-order valence-electron chi connectivity index (χ4n) is 2.55. The zero-order chi connectivity index (χ0) is 18.7. The number of aromatic hydroxyl groups is 2. The smallest absolute Gasteiger partial charge is 0.142 e. The molecule has 2 aromatic carbocycles. The van der Waals surface area contributed by atoms with E-state index in [-0.39, 0.29) is 17.2 Å². The molecule has 0 aromatic heterocycles. The first-order chi connectivity index (χ1) is 12.5. The predicted molar refractivity (Wildman–Crippen MR) is 107 cm³/mol. The molecule has 7 heteroatoms. The van der Waals surface area contributed by atoms with Crippen molar-refractivity contribution in [2.75, 3.05) is 0 Å². The van der Waals surface area contributed by atoms with E-state index in [1.165, 1.54) is 12.1 Å². The van der Waals surface area contributed by atoms with E-state index in [0.717, 1.165) is 12.0 Å². The summed E-state index contributed by atoms with van der Waals surface area (Å²) in [4.78, 5) is 8.91.